The number of hydrogen-bond donors (Lipinski definition) is 1. The molecular formula is C13H23N3OS. The first-order chi connectivity index (χ1) is 8.63. The Morgan fingerprint density at radius 3 is 2.78 bits per heavy atom. The summed E-state index contributed by atoms with van der Waals surface area (Å²) in [6, 6.07) is 0.615. The van der Waals surface area contributed by atoms with Crippen molar-refractivity contribution in [3.05, 3.63) is 11.1 Å². The summed E-state index contributed by atoms with van der Waals surface area (Å²) in [7, 11) is 1.75. The van der Waals surface area contributed by atoms with E-state index in [1.807, 2.05) is 13.1 Å². The Bertz CT molecular complexity index is 376. The van der Waals surface area contributed by atoms with E-state index in [1.54, 1.807) is 18.4 Å². The van der Waals surface area contributed by atoms with Crippen LogP contribution in [0.25, 0.3) is 0 Å². The van der Waals surface area contributed by atoms with Gasteiger partial charge in [0.2, 0.25) is 0 Å². The topological polar surface area (TPSA) is 51.4 Å². The summed E-state index contributed by atoms with van der Waals surface area (Å²) in [5, 5.41) is 1.08. The number of methoxy groups -OCH3 is 1. The highest BCUT2D eigenvalue weighted by Gasteiger charge is 2.33. The van der Waals surface area contributed by atoms with Crippen LogP contribution in [0, 0.1) is 5.92 Å². The lowest BCUT2D eigenvalue weighted by atomic mass is 10.2. The Balaban J connectivity index is 2.10. The molecule has 2 atom stereocenters. The van der Waals surface area contributed by atoms with Crippen LogP contribution in [0.4, 0.5) is 5.13 Å². The second-order valence-electron chi connectivity index (χ2n) is 5.10. The largest absolute Gasteiger partial charge is 0.383 e. The van der Waals surface area contributed by atoms with Crippen LogP contribution in [0.1, 0.15) is 37.6 Å². The van der Waals surface area contributed by atoms with E-state index in [0.717, 1.165) is 29.1 Å². The lowest BCUT2D eigenvalue weighted by Gasteiger charge is -2.28. The third-order valence-electron chi connectivity index (χ3n) is 3.54. The molecule has 2 rings (SSSR count). The Labute approximate surface area is 113 Å². The molecule has 5 heteroatoms. The van der Waals surface area contributed by atoms with E-state index >= 15 is 0 Å². The van der Waals surface area contributed by atoms with E-state index in [4.69, 9.17) is 10.5 Å². The lowest BCUT2D eigenvalue weighted by molar-refractivity contribution is 0.202. The second-order valence-corrected chi connectivity index (χ2v) is 6.14. The van der Waals surface area contributed by atoms with Crippen molar-refractivity contribution >= 4 is 16.5 Å². The molecule has 2 N–H and O–H groups in total. The molecule has 1 aliphatic rings. The highest BCUT2D eigenvalue weighted by molar-refractivity contribution is 7.15. The van der Waals surface area contributed by atoms with Crippen molar-refractivity contribution in [2.24, 2.45) is 11.7 Å². The maximum Gasteiger partial charge on any atom is 0.185 e. The van der Waals surface area contributed by atoms with Gasteiger partial charge in [0.1, 0.15) is 0 Å². The molecule has 0 aromatic carbocycles. The van der Waals surface area contributed by atoms with Crippen LogP contribution < -0.4 is 10.6 Å². The fourth-order valence-corrected chi connectivity index (χ4v) is 3.10. The van der Waals surface area contributed by atoms with E-state index in [9.17, 15) is 0 Å². The van der Waals surface area contributed by atoms with Gasteiger partial charge in [-0.1, -0.05) is 0 Å². The summed E-state index contributed by atoms with van der Waals surface area (Å²) < 4.78 is 5.21. The van der Waals surface area contributed by atoms with Gasteiger partial charge in [0.05, 0.1) is 6.61 Å². The summed E-state index contributed by atoms with van der Waals surface area (Å²) in [5.74, 6) is 0.824. The number of hydrogen-bond acceptors (Lipinski definition) is 5. The fourth-order valence-electron chi connectivity index (χ4n) is 2.12. The smallest absolute Gasteiger partial charge is 0.185 e. The molecule has 102 valence electrons. The normalized spacial score (nSPS) is 18.7. The van der Waals surface area contributed by atoms with E-state index in [-0.39, 0.29) is 6.04 Å². The number of nitrogens with zero attached hydrogens (tertiary/aromatic N) is 2. The maximum absolute atomic E-state index is 5.90. The van der Waals surface area contributed by atoms with Crippen molar-refractivity contribution in [2.45, 2.75) is 38.8 Å². The van der Waals surface area contributed by atoms with Crippen LogP contribution in [-0.4, -0.2) is 31.3 Å². The predicted octanol–water partition coefficient (Wildman–Crippen LogP) is 2.41. The average Bonchev–Trinajstić information content (AvgIpc) is 3.08. The Morgan fingerprint density at radius 1 is 1.56 bits per heavy atom. The van der Waals surface area contributed by atoms with Crippen LogP contribution in [0.2, 0.25) is 0 Å². The third kappa shape index (κ3) is 3.22. The number of anilines is 1. The van der Waals surface area contributed by atoms with Crippen molar-refractivity contribution in [1.82, 2.24) is 4.98 Å². The second kappa shape index (κ2) is 5.99. The molecule has 1 fully saturated rings. The van der Waals surface area contributed by atoms with Crippen LogP contribution in [0.15, 0.2) is 6.20 Å². The van der Waals surface area contributed by atoms with Crippen LogP contribution in [0.3, 0.4) is 0 Å². The van der Waals surface area contributed by atoms with Crippen LogP contribution >= 0.6 is 11.3 Å². The SMILES string of the molecule is COCCN(c1ncc(C(C)N)s1)C(C)C1CC1. The summed E-state index contributed by atoms with van der Waals surface area (Å²) >= 11 is 1.71. The minimum atomic E-state index is 0.0664. The highest BCUT2D eigenvalue weighted by Crippen LogP contribution is 2.38. The summed E-state index contributed by atoms with van der Waals surface area (Å²) in [6.07, 6.45) is 4.59. The Hall–Kier alpha value is -0.650. The minimum absolute atomic E-state index is 0.0664. The van der Waals surface area contributed by atoms with Crippen molar-refractivity contribution in [3.63, 3.8) is 0 Å². The minimum Gasteiger partial charge on any atom is -0.383 e. The molecule has 0 amide bonds. The lowest BCUT2D eigenvalue weighted by Crippen LogP contribution is -2.37. The van der Waals surface area contributed by atoms with E-state index in [0.29, 0.717) is 6.04 Å². The molecule has 0 saturated heterocycles. The monoisotopic (exact) mass is 269 g/mol. The number of thiazole rings is 1. The molecule has 1 aliphatic carbocycles. The van der Waals surface area contributed by atoms with Crippen molar-refractivity contribution in [1.29, 1.82) is 0 Å². The van der Waals surface area contributed by atoms with Gasteiger partial charge in [0.25, 0.3) is 0 Å². The third-order valence-corrected chi connectivity index (χ3v) is 4.77. The molecule has 0 aliphatic heterocycles. The first-order valence-electron chi connectivity index (χ1n) is 6.60. The molecule has 0 bridgehead atoms. The zero-order valence-corrected chi connectivity index (χ0v) is 12.2. The van der Waals surface area contributed by atoms with Crippen LogP contribution in [-0.2, 0) is 4.74 Å². The van der Waals surface area contributed by atoms with Gasteiger partial charge >= 0.3 is 0 Å². The van der Waals surface area contributed by atoms with Gasteiger partial charge in [-0.3, -0.25) is 0 Å². The molecule has 4 nitrogen and oxygen atoms in total. The number of rotatable bonds is 7. The molecule has 0 radical (unpaired) electrons. The highest BCUT2D eigenvalue weighted by atomic mass is 32.1. The number of aromatic nitrogens is 1. The fraction of sp³-hybridized carbons (Fsp3) is 0.769. The van der Waals surface area contributed by atoms with Crippen molar-refractivity contribution in [3.8, 4) is 0 Å². The number of ether oxygens (including phenoxy) is 1. The number of nitrogens with two attached hydrogens (primary N) is 1. The van der Waals surface area contributed by atoms with Gasteiger partial charge in [-0.2, -0.15) is 0 Å². The molecule has 0 spiro atoms. The van der Waals surface area contributed by atoms with Crippen molar-refractivity contribution < 1.29 is 4.74 Å². The van der Waals surface area contributed by atoms with Gasteiger partial charge in [-0.15, -0.1) is 11.3 Å². The molecule has 18 heavy (non-hydrogen) atoms. The van der Waals surface area contributed by atoms with Gasteiger partial charge in [-0.05, 0) is 32.6 Å². The van der Waals surface area contributed by atoms with Gasteiger partial charge < -0.3 is 15.4 Å². The molecular weight excluding hydrogens is 246 g/mol. The molecule has 1 aromatic rings. The summed E-state index contributed by atoms with van der Waals surface area (Å²) in [5.41, 5.74) is 5.90. The zero-order chi connectivity index (χ0) is 13.1. The zero-order valence-electron chi connectivity index (χ0n) is 11.4. The quantitative estimate of drug-likeness (QED) is 0.826. The standard InChI is InChI=1S/C13H23N3OS/c1-9(14)12-8-15-13(18-12)16(6-7-17-3)10(2)11-4-5-11/h8-11H,4-7,14H2,1-3H3. The Morgan fingerprint density at radius 2 is 2.28 bits per heavy atom. The molecule has 2 unspecified atom stereocenters. The first kappa shape index (κ1) is 13.8. The van der Waals surface area contributed by atoms with E-state index in [1.165, 1.54) is 12.8 Å². The Kier molecular flexibility index (Phi) is 4.59. The maximum atomic E-state index is 5.90. The van der Waals surface area contributed by atoms with Gasteiger partial charge in [-0.25, -0.2) is 4.98 Å². The molecule has 1 saturated carbocycles. The van der Waals surface area contributed by atoms with Crippen LogP contribution in [0.5, 0.6) is 0 Å². The van der Waals surface area contributed by atoms with Gasteiger partial charge in [0.15, 0.2) is 5.13 Å². The summed E-state index contributed by atoms with van der Waals surface area (Å²) in [6.45, 7) is 5.94. The molecule has 1 aromatic heterocycles. The van der Waals surface area contributed by atoms with E-state index in [2.05, 4.69) is 16.8 Å². The molecule has 1 heterocycles. The predicted molar refractivity (Wildman–Crippen MR) is 76.1 cm³/mol. The van der Waals surface area contributed by atoms with E-state index < -0.39 is 0 Å². The average molecular weight is 269 g/mol. The summed E-state index contributed by atoms with van der Waals surface area (Å²) in [4.78, 5) is 8.05. The van der Waals surface area contributed by atoms with Crippen molar-refractivity contribution in [2.75, 3.05) is 25.2 Å². The van der Waals surface area contributed by atoms with Gasteiger partial charge in [0, 0.05) is 36.8 Å². The first-order valence-corrected chi connectivity index (χ1v) is 7.42.